The number of hydrogen-bond donors (Lipinski definition) is 0. The third-order valence-electron chi connectivity index (χ3n) is 14.7. The van der Waals surface area contributed by atoms with Crippen molar-refractivity contribution in [2.24, 2.45) is 0 Å². The second-order valence-electron chi connectivity index (χ2n) is 19.8. The maximum absolute atomic E-state index is 15.9. The van der Waals surface area contributed by atoms with Gasteiger partial charge in [0.2, 0.25) is 0 Å². The van der Waals surface area contributed by atoms with E-state index in [0.717, 1.165) is 72.8 Å². The molecule has 0 fully saturated rings. The molecule has 0 unspecified atom stereocenters. The second-order valence-corrected chi connectivity index (χ2v) is 19.8. The van der Waals surface area contributed by atoms with Crippen molar-refractivity contribution in [3.8, 4) is 73.1 Å². The molecular formula is C67H45F6N3. The predicted molar refractivity (Wildman–Crippen MR) is 296 cm³/mol. The molecule has 12 rings (SSSR count). The summed E-state index contributed by atoms with van der Waals surface area (Å²) in [5.41, 5.74) is 9.10. The molecule has 2 aromatic heterocycles. The summed E-state index contributed by atoms with van der Waals surface area (Å²) in [5.74, 6) is 0. The van der Waals surface area contributed by atoms with Crippen LogP contribution in [0.4, 0.5) is 26.3 Å². The molecule has 0 aliphatic carbocycles. The van der Waals surface area contributed by atoms with Gasteiger partial charge >= 0.3 is 12.4 Å². The Bertz CT molecular complexity index is 3850. The van der Waals surface area contributed by atoms with Crippen molar-refractivity contribution in [3.63, 3.8) is 0 Å². The summed E-state index contributed by atoms with van der Waals surface area (Å²) in [6.45, 7) is 8.00. The molecule has 3 nitrogen and oxygen atoms in total. The first-order valence-electron chi connectivity index (χ1n) is 24.8. The summed E-state index contributed by atoms with van der Waals surface area (Å²) in [4.78, 5) is 0. The number of aryl methyl sites for hydroxylation is 4. The van der Waals surface area contributed by atoms with Crippen molar-refractivity contribution in [3.05, 3.63) is 239 Å². The van der Waals surface area contributed by atoms with Crippen LogP contribution in [0.15, 0.2) is 200 Å². The number of nitrogens with zero attached hydrogens (tertiary/aromatic N) is 3. The van der Waals surface area contributed by atoms with Gasteiger partial charge in [-0.25, -0.2) is 0 Å². The minimum atomic E-state index is -5.25. The quantitative estimate of drug-likeness (QED) is 0.147. The molecule has 0 amide bonds. The lowest BCUT2D eigenvalue weighted by Gasteiger charge is -2.25. The standard InChI is InChI=1S/C67H45F6N3/c1-39-8-16-44(17-9-39)48-24-28-58-52(34-48)53-35-49(45-18-10-40(2)11-19-45)25-29-59(53)75(58)62-32-43(38-74)33-63(65(62)64-56(66(68,69)70)6-5-7-57(64)67(71,72)73)76-60-30-26-50(46-20-12-41(3)13-21-46)36-54(60)55-37-51(27-31-61(55)76)47-22-14-42(4)15-23-47/h5-37H,1-4H3. The van der Waals surface area contributed by atoms with E-state index in [4.69, 9.17) is 0 Å². The summed E-state index contributed by atoms with van der Waals surface area (Å²) in [6.07, 6.45) is -10.5. The average Bonchev–Trinajstić information content (AvgIpc) is 4.04. The van der Waals surface area contributed by atoms with Crippen molar-refractivity contribution >= 4 is 43.6 Å². The molecule has 76 heavy (non-hydrogen) atoms. The van der Waals surface area contributed by atoms with Crippen LogP contribution in [0.2, 0.25) is 0 Å². The number of alkyl halides is 6. The number of rotatable bonds is 7. The van der Waals surface area contributed by atoms with Gasteiger partial charge < -0.3 is 9.13 Å². The number of aromatic nitrogens is 2. The highest BCUT2D eigenvalue weighted by molar-refractivity contribution is 6.14. The normalized spacial score (nSPS) is 12.1. The van der Waals surface area contributed by atoms with Crippen molar-refractivity contribution in [1.82, 2.24) is 9.13 Å². The molecule has 0 atom stereocenters. The first-order chi connectivity index (χ1) is 36.5. The average molecular weight is 1010 g/mol. The summed E-state index contributed by atoms with van der Waals surface area (Å²) in [6, 6.07) is 62.7. The highest BCUT2D eigenvalue weighted by Gasteiger charge is 2.43. The smallest absolute Gasteiger partial charge is 0.308 e. The zero-order chi connectivity index (χ0) is 52.8. The highest BCUT2D eigenvalue weighted by Crippen LogP contribution is 2.51. The van der Waals surface area contributed by atoms with E-state index in [9.17, 15) is 5.26 Å². The third-order valence-corrected chi connectivity index (χ3v) is 14.7. The number of fused-ring (bicyclic) bond motifs is 6. The van der Waals surface area contributed by atoms with Gasteiger partial charge in [-0.1, -0.05) is 150 Å². The van der Waals surface area contributed by atoms with E-state index in [1.54, 1.807) is 9.13 Å². The lowest BCUT2D eigenvalue weighted by Crippen LogP contribution is -2.16. The van der Waals surface area contributed by atoms with Gasteiger partial charge in [-0.3, -0.25) is 0 Å². The van der Waals surface area contributed by atoms with Crippen molar-refractivity contribution in [2.45, 2.75) is 40.0 Å². The molecule has 9 heteroatoms. The van der Waals surface area contributed by atoms with Gasteiger partial charge in [0, 0.05) is 32.7 Å². The molecule has 0 saturated carbocycles. The predicted octanol–water partition coefficient (Wildman–Crippen LogP) is 19.4. The van der Waals surface area contributed by atoms with Crippen LogP contribution in [0.3, 0.4) is 0 Å². The second kappa shape index (κ2) is 18.1. The monoisotopic (exact) mass is 1010 g/mol. The molecule has 0 saturated heterocycles. The zero-order valence-corrected chi connectivity index (χ0v) is 41.7. The van der Waals surface area contributed by atoms with Gasteiger partial charge in [-0.15, -0.1) is 0 Å². The van der Waals surface area contributed by atoms with Gasteiger partial charge in [0.1, 0.15) is 0 Å². The van der Waals surface area contributed by atoms with Gasteiger partial charge in [0.05, 0.1) is 56.2 Å². The van der Waals surface area contributed by atoms with Crippen LogP contribution in [0, 0.1) is 39.0 Å². The minimum absolute atomic E-state index is 0.0249. The summed E-state index contributed by atoms with van der Waals surface area (Å²) in [5, 5.41) is 13.9. The molecule has 0 radical (unpaired) electrons. The Kier molecular flexibility index (Phi) is 11.4. The van der Waals surface area contributed by atoms with Crippen LogP contribution < -0.4 is 0 Å². The Balaban J connectivity index is 1.25. The van der Waals surface area contributed by atoms with Crippen LogP contribution >= 0.6 is 0 Å². The summed E-state index contributed by atoms with van der Waals surface area (Å²) >= 11 is 0. The Labute approximate surface area is 434 Å². The van der Waals surface area contributed by atoms with Crippen LogP contribution in [-0.4, -0.2) is 9.13 Å². The molecule has 10 aromatic carbocycles. The Morgan fingerprint density at radius 2 is 0.592 bits per heavy atom. The highest BCUT2D eigenvalue weighted by atomic mass is 19.4. The topological polar surface area (TPSA) is 33.6 Å². The van der Waals surface area contributed by atoms with Crippen molar-refractivity contribution in [2.75, 3.05) is 0 Å². The fraction of sp³-hybridized carbons (Fsp3) is 0.0896. The van der Waals surface area contributed by atoms with E-state index < -0.39 is 29.0 Å². The maximum Gasteiger partial charge on any atom is 0.417 e. The Morgan fingerprint density at radius 1 is 0.329 bits per heavy atom. The molecule has 0 N–H and O–H groups in total. The molecule has 0 aliphatic rings. The van der Waals surface area contributed by atoms with Gasteiger partial charge in [-0.05, 0) is 145 Å². The molecule has 0 bridgehead atoms. The number of halogens is 6. The summed E-state index contributed by atoms with van der Waals surface area (Å²) in [7, 11) is 0. The fourth-order valence-electron chi connectivity index (χ4n) is 10.8. The first-order valence-corrected chi connectivity index (χ1v) is 24.8. The van der Waals surface area contributed by atoms with E-state index in [-0.39, 0.29) is 22.5 Å². The lowest BCUT2D eigenvalue weighted by atomic mass is 9.89. The van der Waals surface area contributed by atoms with Crippen LogP contribution in [0.1, 0.15) is 38.9 Å². The van der Waals surface area contributed by atoms with Gasteiger partial charge in [0.25, 0.3) is 0 Å². The Morgan fingerprint density at radius 3 is 0.842 bits per heavy atom. The molecular weight excluding hydrogens is 961 g/mol. The van der Waals surface area contributed by atoms with Gasteiger partial charge in [-0.2, -0.15) is 31.6 Å². The molecule has 0 aliphatic heterocycles. The zero-order valence-electron chi connectivity index (χ0n) is 41.7. The summed E-state index contributed by atoms with van der Waals surface area (Å²) < 4.78 is 98.8. The van der Waals surface area contributed by atoms with Crippen molar-refractivity contribution < 1.29 is 26.3 Å². The van der Waals surface area contributed by atoms with Crippen LogP contribution in [-0.2, 0) is 12.4 Å². The van der Waals surface area contributed by atoms with Crippen LogP contribution in [0.25, 0.3) is 111 Å². The fourth-order valence-corrected chi connectivity index (χ4v) is 10.8. The number of hydrogen-bond acceptors (Lipinski definition) is 1. The molecule has 0 spiro atoms. The molecule has 2 heterocycles. The largest absolute Gasteiger partial charge is 0.417 e. The van der Waals surface area contributed by atoms with E-state index >= 15 is 26.3 Å². The third kappa shape index (κ3) is 8.27. The van der Waals surface area contributed by atoms with Crippen molar-refractivity contribution in [1.29, 1.82) is 5.26 Å². The number of nitriles is 1. The van der Waals surface area contributed by atoms with E-state index in [0.29, 0.717) is 55.7 Å². The number of benzene rings is 10. The Hall–Kier alpha value is -9.13. The van der Waals surface area contributed by atoms with E-state index in [2.05, 4.69) is 6.07 Å². The van der Waals surface area contributed by atoms with E-state index in [1.165, 1.54) is 12.1 Å². The SMILES string of the molecule is Cc1ccc(-c2ccc3c(c2)c2cc(-c4ccc(C)cc4)ccc2n3-c2cc(C#N)cc(-n3c4ccc(-c5ccc(C)cc5)cc4c4cc(-c5ccc(C)cc5)ccc43)c2-c2c(C(F)(F)F)cccc2C(F)(F)F)cc1. The maximum atomic E-state index is 15.9. The lowest BCUT2D eigenvalue weighted by molar-refractivity contribution is -0.142. The molecule has 12 aromatic rings. The first kappa shape index (κ1) is 47.8. The van der Waals surface area contributed by atoms with Crippen LogP contribution in [0.5, 0.6) is 0 Å². The van der Waals surface area contributed by atoms with E-state index in [1.807, 2.05) is 198 Å². The minimum Gasteiger partial charge on any atom is -0.308 e. The molecule has 370 valence electrons. The van der Waals surface area contributed by atoms with Gasteiger partial charge in [0.15, 0.2) is 0 Å².